The van der Waals surface area contributed by atoms with Crippen LogP contribution in [0.5, 0.6) is 0 Å². The Bertz CT molecular complexity index is 433. The second-order valence-corrected chi connectivity index (χ2v) is 6.12. The molecule has 4 nitrogen and oxygen atoms in total. The van der Waals surface area contributed by atoms with E-state index in [2.05, 4.69) is 20.8 Å². The molecule has 0 radical (unpaired) electrons. The van der Waals surface area contributed by atoms with Gasteiger partial charge in [0.15, 0.2) is 0 Å². The van der Waals surface area contributed by atoms with Crippen molar-refractivity contribution in [1.82, 2.24) is 4.90 Å². The first-order chi connectivity index (χ1) is 9.00. The molecular weight excluding hydrogens is 308 g/mol. The Labute approximate surface area is 122 Å². The molecule has 0 atom stereocenters. The monoisotopic (exact) mass is 328 g/mol. The first kappa shape index (κ1) is 14.8. The molecule has 0 saturated carbocycles. The molecule has 3 N–H and O–H groups in total. The fourth-order valence-electron chi connectivity index (χ4n) is 2.48. The van der Waals surface area contributed by atoms with Crippen molar-refractivity contribution in [1.29, 1.82) is 0 Å². The van der Waals surface area contributed by atoms with Gasteiger partial charge in [0, 0.05) is 49.3 Å². The number of hydrogen-bond acceptors (Lipinski definition) is 4. The first-order valence-corrected chi connectivity index (χ1v) is 7.31. The largest absolute Gasteiger partial charge is 0.398 e. The lowest BCUT2D eigenvalue weighted by atomic mass is 9.94. The smallest absolute Gasteiger partial charge is 0.0817 e. The van der Waals surface area contributed by atoms with E-state index in [9.17, 15) is 5.11 Å². The number of likely N-dealkylation sites (N-methyl/N-ethyl adjacent to an activating group) is 1. The van der Waals surface area contributed by atoms with Crippen molar-refractivity contribution >= 4 is 21.6 Å². The second-order valence-electron chi connectivity index (χ2n) is 5.33. The molecule has 0 aromatic heterocycles. The van der Waals surface area contributed by atoms with Crippen molar-refractivity contribution in [2.24, 2.45) is 0 Å². The maximum absolute atomic E-state index is 10.5. The third-order valence-electron chi connectivity index (χ3n) is 3.54. The maximum atomic E-state index is 10.5. The Morgan fingerprint density at radius 2 is 2.11 bits per heavy atom. The molecule has 0 amide bonds. The Morgan fingerprint density at radius 3 is 2.79 bits per heavy atom. The summed E-state index contributed by atoms with van der Waals surface area (Å²) in [7, 11) is 2.02. The molecule has 1 fully saturated rings. The fourth-order valence-corrected chi connectivity index (χ4v) is 2.87. The summed E-state index contributed by atoms with van der Waals surface area (Å²) in [6.07, 6.45) is 1.41. The van der Waals surface area contributed by atoms with Crippen LogP contribution in [0, 0.1) is 0 Å². The minimum absolute atomic E-state index is 0.625. The molecule has 5 heteroatoms. The highest BCUT2D eigenvalue weighted by molar-refractivity contribution is 9.10. The third-order valence-corrected chi connectivity index (χ3v) is 4.50. The average molecular weight is 329 g/mol. The SMILES string of the molecule is CN(Cc1cccc(N)c1Br)CC1(O)CCOCC1. The summed E-state index contributed by atoms with van der Waals surface area (Å²) in [5, 5.41) is 10.5. The summed E-state index contributed by atoms with van der Waals surface area (Å²) >= 11 is 3.51. The van der Waals surface area contributed by atoms with Crippen LogP contribution in [0.1, 0.15) is 18.4 Å². The molecule has 1 aliphatic rings. The number of nitrogens with two attached hydrogens (primary N) is 1. The lowest BCUT2D eigenvalue weighted by Crippen LogP contribution is -2.45. The molecule has 0 aliphatic carbocycles. The molecule has 0 spiro atoms. The van der Waals surface area contributed by atoms with E-state index >= 15 is 0 Å². The minimum atomic E-state index is -0.625. The summed E-state index contributed by atoms with van der Waals surface area (Å²) in [6.45, 7) is 2.70. The number of anilines is 1. The lowest BCUT2D eigenvalue weighted by molar-refractivity contribution is -0.0777. The van der Waals surface area contributed by atoms with Crippen molar-refractivity contribution < 1.29 is 9.84 Å². The molecule has 1 aliphatic heterocycles. The topological polar surface area (TPSA) is 58.7 Å². The van der Waals surface area contributed by atoms with Gasteiger partial charge in [0.05, 0.1) is 5.60 Å². The van der Waals surface area contributed by atoms with E-state index < -0.39 is 5.60 Å². The van der Waals surface area contributed by atoms with E-state index in [1.807, 2.05) is 25.2 Å². The summed E-state index contributed by atoms with van der Waals surface area (Å²) < 4.78 is 6.24. The van der Waals surface area contributed by atoms with Gasteiger partial charge < -0.3 is 15.6 Å². The summed E-state index contributed by atoms with van der Waals surface area (Å²) in [6, 6.07) is 5.87. The van der Waals surface area contributed by atoms with Gasteiger partial charge in [-0.25, -0.2) is 0 Å². The molecule has 0 bridgehead atoms. The summed E-state index contributed by atoms with van der Waals surface area (Å²) in [5.74, 6) is 0. The van der Waals surface area contributed by atoms with Gasteiger partial charge in [0.1, 0.15) is 0 Å². The van der Waals surface area contributed by atoms with Crippen LogP contribution in [0.4, 0.5) is 5.69 Å². The second kappa shape index (κ2) is 6.22. The predicted octanol–water partition coefficient (Wildman–Crippen LogP) is 2.00. The number of rotatable bonds is 4. The van der Waals surface area contributed by atoms with Crippen molar-refractivity contribution in [3.63, 3.8) is 0 Å². The zero-order valence-electron chi connectivity index (χ0n) is 11.2. The quantitative estimate of drug-likeness (QED) is 0.830. The van der Waals surface area contributed by atoms with Crippen molar-refractivity contribution in [2.75, 3.05) is 32.5 Å². The molecule has 1 saturated heterocycles. The molecule has 1 heterocycles. The number of nitrogens with zero attached hydrogens (tertiary/aromatic N) is 1. The van der Waals surface area contributed by atoms with E-state index in [1.165, 1.54) is 0 Å². The Morgan fingerprint density at radius 1 is 1.42 bits per heavy atom. The van der Waals surface area contributed by atoms with E-state index in [0.29, 0.717) is 32.6 Å². The summed E-state index contributed by atoms with van der Waals surface area (Å²) in [4.78, 5) is 2.13. The van der Waals surface area contributed by atoms with Crippen LogP contribution < -0.4 is 5.73 Å². The zero-order valence-corrected chi connectivity index (χ0v) is 12.8. The van der Waals surface area contributed by atoms with Gasteiger partial charge in [-0.2, -0.15) is 0 Å². The van der Waals surface area contributed by atoms with E-state index in [0.717, 1.165) is 22.3 Å². The predicted molar refractivity (Wildman–Crippen MR) is 79.9 cm³/mol. The van der Waals surface area contributed by atoms with Crippen LogP contribution in [0.25, 0.3) is 0 Å². The van der Waals surface area contributed by atoms with Crippen molar-refractivity contribution in [2.45, 2.75) is 25.0 Å². The molecule has 19 heavy (non-hydrogen) atoms. The van der Waals surface area contributed by atoms with Gasteiger partial charge in [-0.15, -0.1) is 0 Å². The fraction of sp³-hybridized carbons (Fsp3) is 0.571. The molecule has 1 aromatic rings. The van der Waals surface area contributed by atoms with Crippen LogP contribution in [0.15, 0.2) is 22.7 Å². The van der Waals surface area contributed by atoms with Crippen LogP contribution in [0.2, 0.25) is 0 Å². The van der Waals surface area contributed by atoms with Gasteiger partial charge in [-0.05, 0) is 34.6 Å². The molecule has 106 valence electrons. The summed E-state index contributed by atoms with van der Waals surface area (Å²) in [5.41, 5.74) is 7.13. The molecule has 2 rings (SSSR count). The highest BCUT2D eigenvalue weighted by Crippen LogP contribution is 2.26. The number of ether oxygens (including phenoxy) is 1. The van der Waals surface area contributed by atoms with Crippen LogP contribution >= 0.6 is 15.9 Å². The third kappa shape index (κ3) is 3.92. The van der Waals surface area contributed by atoms with E-state index in [4.69, 9.17) is 10.5 Å². The molecule has 1 aromatic carbocycles. The zero-order chi connectivity index (χ0) is 13.9. The standard InChI is InChI=1S/C14H21BrN2O2/c1-17(10-14(18)5-7-19-8-6-14)9-11-3-2-4-12(16)13(11)15/h2-4,18H,5-10,16H2,1H3. The normalized spacial score (nSPS) is 18.7. The van der Waals surface area contributed by atoms with Crippen LogP contribution in [0.3, 0.4) is 0 Å². The van der Waals surface area contributed by atoms with Gasteiger partial charge in [0.25, 0.3) is 0 Å². The number of nitrogen functional groups attached to an aromatic ring is 1. The van der Waals surface area contributed by atoms with Crippen molar-refractivity contribution in [3.05, 3.63) is 28.2 Å². The Balaban J connectivity index is 1.97. The highest BCUT2D eigenvalue weighted by Gasteiger charge is 2.31. The van der Waals surface area contributed by atoms with Gasteiger partial charge in [-0.1, -0.05) is 12.1 Å². The number of aliphatic hydroxyl groups is 1. The average Bonchev–Trinajstić information content (AvgIpc) is 2.35. The number of halogens is 1. The van der Waals surface area contributed by atoms with E-state index in [-0.39, 0.29) is 0 Å². The van der Waals surface area contributed by atoms with Crippen LogP contribution in [-0.2, 0) is 11.3 Å². The minimum Gasteiger partial charge on any atom is -0.398 e. The Kier molecular flexibility index (Phi) is 4.84. The first-order valence-electron chi connectivity index (χ1n) is 6.52. The highest BCUT2D eigenvalue weighted by atomic mass is 79.9. The molecule has 0 unspecified atom stereocenters. The Hall–Kier alpha value is -0.620. The van der Waals surface area contributed by atoms with Gasteiger partial charge in [-0.3, -0.25) is 4.90 Å². The van der Waals surface area contributed by atoms with E-state index in [1.54, 1.807) is 0 Å². The van der Waals surface area contributed by atoms with Crippen LogP contribution in [-0.4, -0.2) is 42.4 Å². The molecular formula is C14H21BrN2O2. The maximum Gasteiger partial charge on any atom is 0.0817 e. The number of hydrogen-bond donors (Lipinski definition) is 2. The number of benzene rings is 1. The van der Waals surface area contributed by atoms with Crippen molar-refractivity contribution in [3.8, 4) is 0 Å². The van der Waals surface area contributed by atoms with Gasteiger partial charge in [0.2, 0.25) is 0 Å². The van der Waals surface area contributed by atoms with Gasteiger partial charge >= 0.3 is 0 Å². The lowest BCUT2D eigenvalue weighted by Gasteiger charge is -2.35.